The molecule has 0 N–H and O–H groups in total. The van der Waals surface area contributed by atoms with Crippen LogP contribution in [0, 0.1) is 5.41 Å². The Labute approximate surface area is 110 Å². The lowest BCUT2D eigenvalue weighted by Gasteiger charge is -2.55. The summed E-state index contributed by atoms with van der Waals surface area (Å²) < 4.78 is 7.77. The fourth-order valence-corrected chi connectivity index (χ4v) is 2.95. The van der Waals surface area contributed by atoms with Crippen LogP contribution in [0.15, 0.2) is 18.5 Å². The van der Waals surface area contributed by atoms with E-state index in [1.54, 1.807) is 0 Å². The Morgan fingerprint density at radius 2 is 2.28 bits per heavy atom. The number of likely N-dealkylation sites (N-methyl/N-ethyl adjacent to an activating group) is 1. The Hall–Kier alpha value is -0.870. The van der Waals surface area contributed by atoms with Gasteiger partial charge in [-0.2, -0.15) is 5.10 Å². The summed E-state index contributed by atoms with van der Waals surface area (Å²) in [6, 6.07) is 2.59. The molecular formula is C14H25N3O. The molecule has 0 spiro atoms. The molecule has 102 valence electrons. The van der Waals surface area contributed by atoms with Crippen LogP contribution in [0.5, 0.6) is 0 Å². The van der Waals surface area contributed by atoms with Gasteiger partial charge in [-0.25, -0.2) is 0 Å². The first kappa shape index (κ1) is 13.6. The van der Waals surface area contributed by atoms with E-state index < -0.39 is 0 Å². The van der Waals surface area contributed by atoms with Gasteiger partial charge in [-0.15, -0.1) is 0 Å². The number of nitrogens with zero attached hydrogens (tertiary/aromatic N) is 3. The SMILES string of the molecule is CCO[C@H]1C[C@H](N(C)CCn2cccn2)C1(C)C. The number of hydrogen-bond donors (Lipinski definition) is 0. The molecule has 1 heterocycles. The first-order valence-corrected chi connectivity index (χ1v) is 6.85. The molecule has 0 amide bonds. The Morgan fingerprint density at radius 1 is 1.50 bits per heavy atom. The van der Waals surface area contributed by atoms with Gasteiger partial charge in [-0.3, -0.25) is 4.68 Å². The second-order valence-corrected chi connectivity index (χ2v) is 5.77. The molecule has 1 saturated carbocycles. The van der Waals surface area contributed by atoms with Crippen molar-refractivity contribution in [2.24, 2.45) is 5.41 Å². The summed E-state index contributed by atoms with van der Waals surface area (Å²) >= 11 is 0. The summed E-state index contributed by atoms with van der Waals surface area (Å²) in [5.74, 6) is 0. The van der Waals surface area contributed by atoms with E-state index in [-0.39, 0.29) is 5.41 Å². The van der Waals surface area contributed by atoms with E-state index in [4.69, 9.17) is 4.74 Å². The zero-order valence-corrected chi connectivity index (χ0v) is 12.0. The zero-order valence-electron chi connectivity index (χ0n) is 12.0. The van der Waals surface area contributed by atoms with Gasteiger partial charge in [0.2, 0.25) is 0 Å². The van der Waals surface area contributed by atoms with Gasteiger partial charge in [0.15, 0.2) is 0 Å². The molecule has 18 heavy (non-hydrogen) atoms. The minimum Gasteiger partial charge on any atom is -0.378 e. The van der Waals surface area contributed by atoms with Crippen LogP contribution in [0.25, 0.3) is 0 Å². The fraction of sp³-hybridized carbons (Fsp3) is 0.786. The third kappa shape index (κ3) is 2.59. The summed E-state index contributed by atoms with van der Waals surface area (Å²) in [5, 5.41) is 4.24. The third-order valence-corrected chi connectivity index (χ3v) is 4.27. The van der Waals surface area contributed by atoms with Gasteiger partial charge in [0, 0.05) is 37.0 Å². The van der Waals surface area contributed by atoms with E-state index in [0.717, 1.165) is 26.1 Å². The predicted molar refractivity (Wildman–Crippen MR) is 72.5 cm³/mol. The van der Waals surface area contributed by atoms with Crippen LogP contribution in [0.2, 0.25) is 0 Å². The quantitative estimate of drug-likeness (QED) is 0.775. The van der Waals surface area contributed by atoms with Crippen LogP contribution < -0.4 is 0 Å². The number of ether oxygens (including phenoxy) is 1. The van der Waals surface area contributed by atoms with Crippen molar-refractivity contribution >= 4 is 0 Å². The molecule has 0 saturated heterocycles. The van der Waals surface area contributed by atoms with Crippen molar-refractivity contribution in [3.63, 3.8) is 0 Å². The predicted octanol–water partition coefficient (Wildman–Crippen LogP) is 2.02. The fourth-order valence-electron chi connectivity index (χ4n) is 2.95. The Kier molecular flexibility index (Phi) is 4.07. The van der Waals surface area contributed by atoms with Gasteiger partial charge >= 0.3 is 0 Å². The molecule has 4 nitrogen and oxygen atoms in total. The minimum absolute atomic E-state index is 0.259. The third-order valence-electron chi connectivity index (χ3n) is 4.27. The molecule has 4 heteroatoms. The Morgan fingerprint density at radius 3 is 2.83 bits per heavy atom. The van der Waals surface area contributed by atoms with Gasteiger partial charge < -0.3 is 9.64 Å². The molecule has 1 aliphatic rings. The van der Waals surface area contributed by atoms with Crippen LogP contribution in [0.4, 0.5) is 0 Å². The second-order valence-electron chi connectivity index (χ2n) is 5.77. The van der Waals surface area contributed by atoms with Crippen molar-refractivity contribution in [3.05, 3.63) is 18.5 Å². The van der Waals surface area contributed by atoms with E-state index in [1.165, 1.54) is 0 Å². The van der Waals surface area contributed by atoms with Crippen LogP contribution in [0.1, 0.15) is 27.2 Å². The summed E-state index contributed by atoms with van der Waals surface area (Å²) in [7, 11) is 2.21. The molecule has 1 aliphatic carbocycles. The van der Waals surface area contributed by atoms with Crippen LogP contribution in [-0.4, -0.2) is 47.0 Å². The molecule has 2 rings (SSSR count). The highest BCUT2D eigenvalue weighted by Gasteiger charge is 2.50. The second kappa shape index (κ2) is 5.41. The molecule has 0 aromatic carbocycles. The Bertz CT molecular complexity index is 361. The molecule has 0 aliphatic heterocycles. The number of rotatable bonds is 6. The normalized spacial score (nSPS) is 26.3. The maximum absolute atomic E-state index is 5.78. The van der Waals surface area contributed by atoms with E-state index in [2.05, 4.69) is 37.8 Å². The van der Waals surface area contributed by atoms with Gasteiger partial charge in [0.25, 0.3) is 0 Å². The van der Waals surface area contributed by atoms with Crippen molar-refractivity contribution in [1.82, 2.24) is 14.7 Å². The summed E-state index contributed by atoms with van der Waals surface area (Å²) in [4.78, 5) is 2.44. The summed E-state index contributed by atoms with van der Waals surface area (Å²) in [6.07, 6.45) is 5.41. The molecule has 0 bridgehead atoms. The zero-order chi connectivity index (χ0) is 13.2. The highest BCUT2D eigenvalue weighted by Crippen LogP contribution is 2.45. The summed E-state index contributed by atoms with van der Waals surface area (Å²) in [6.45, 7) is 9.50. The van der Waals surface area contributed by atoms with E-state index in [1.807, 2.05) is 23.1 Å². The topological polar surface area (TPSA) is 30.3 Å². The van der Waals surface area contributed by atoms with Gasteiger partial charge in [0.05, 0.1) is 12.6 Å². The average molecular weight is 251 g/mol. The highest BCUT2D eigenvalue weighted by atomic mass is 16.5. The highest BCUT2D eigenvalue weighted by molar-refractivity contribution is 5.03. The lowest BCUT2D eigenvalue weighted by atomic mass is 9.64. The lowest BCUT2D eigenvalue weighted by Crippen LogP contribution is -2.61. The molecule has 0 radical (unpaired) electrons. The smallest absolute Gasteiger partial charge is 0.0655 e. The molecule has 0 unspecified atom stereocenters. The molecule has 1 fully saturated rings. The number of hydrogen-bond acceptors (Lipinski definition) is 3. The van der Waals surface area contributed by atoms with Crippen LogP contribution in [0.3, 0.4) is 0 Å². The van der Waals surface area contributed by atoms with Crippen LogP contribution in [-0.2, 0) is 11.3 Å². The average Bonchev–Trinajstić information content (AvgIpc) is 2.84. The van der Waals surface area contributed by atoms with E-state index in [9.17, 15) is 0 Å². The van der Waals surface area contributed by atoms with E-state index >= 15 is 0 Å². The van der Waals surface area contributed by atoms with Crippen LogP contribution >= 0.6 is 0 Å². The molecular weight excluding hydrogens is 226 g/mol. The molecule has 2 atom stereocenters. The minimum atomic E-state index is 0.259. The van der Waals surface area contributed by atoms with Crippen molar-refractivity contribution in [2.45, 2.75) is 45.9 Å². The molecule has 1 aromatic rings. The van der Waals surface area contributed by atoms with Crippen molar-refractivity contribution < 1.29 is 4.74 Å². The summed E-state index contributed by atoms with van der Waals surface area (Å²) in [5.41, 5.74) is 0.259. The van der Waals surface area contributed by atoms with Gasteiger partial charge in [-0.1, -0.05) is 13.8 Å². The van der Waals surface area contributed by atoms with Crippen molar-refractivity contribution in [3.8, 4) is 0 Å². The van der Waals surface area contributed by atoms with Crippen molar-refractivity contribution in [1.29, 1.82) is 0 Å². The largest absolute Gasteiger partial charge is 0.378 e. The van der Waals surface area contributed by atoms with Gasteiger partial charge in [0.1, 0.15) is 0 Å². The molecule has 1 aromatic heterocycles. The maximum atomic E-state index is 5.78. The van der Waals surface area contributed by atoms with Gasteiger partial charge in [-0.05, 0) is 26.5 Å². The Balaban J connectivity index is 1.82. The number of aromatic nitrogens is 2. The maximum Gasteiger partial charge on any atom is 0.0655 e. The first-order chi connectivity index (χ1) is 8.55. The monoisotopic (exact) mass is 251 g/mol. The first-order valence-electron chi connectivity index (χ1n) is 6.85. The van der Waals surface area contributed by atoms with Crippen molar-refractivity contribution in [2.75, 3.05) is 20.2 Å². The lowest BCUT2D eigenvalue weighted by molar-refractivity contribution is -0.145. The van der Waals surface area contributed by atoms with E-state index in [0.29, 0.717) is 12.1 Å². The standard InChI is InChI=1S/C14H25N3O/c1-5-18-13-11-12(14(13,2)3)16(4)9-10-17-8-6-7-15-17/h6-8,12-13H,5,9-11H2,1-4H3/t12-,13-/m0/s1.